The predicted octanol–water partition coefficient (Wildman–Crippen LogP) is 1.57. The first-order valence-corrected chi connectivity index (χ1v) is 10.4. The van der Waals surface area contributed by atoms with E-state index in [0.717, 1.165) is 13.0 Å². The van der Waals surface area contributed by atoms with Crippen molar-refractivity contribution < 1.29 is 13.2 Å². The van der Waals surface area contributed by atoms with Gasteiger partial charge >= 0.3 is 0 Å². The zero-order chi connectivity index (χ0) is 15.2. The van der Waals surface area contributed by atoms with E-state index in [1.54, 1.807) is 17.5 Å². The Balaban J connectivity index is 1.29. The Morgan fingerprint density at radius 1 is 1.36 bits per heavy atom. The molecule has 1 spiro atoms. The monoisotopic (exact) mass is 342 g/mol. The van der Waals surface area contributed by atoms with Gasteiger partial charge < -0.3 is 10.1 Å². The van der Waals surface area contributed by atoms with Gasteiger partial charge in [-0.3, -0.25) is 0 Å². The van der Waals surface area contributed by atoms with Crippen LogP contribution in [0.5, 0.6) is 0 Å². The fourth-order valence-corrected chi connectivity index (χ4v) is 6.53. The fraction of sp³-hybridized carbons (Fsp3) is 0.733. The van der Waals surface area contributed by atoms with Gasteiger partial charge in [-0.05, 0) is 30.7 Å². The predicted molar refractivity (Wildman–Crippen MR) is 85.4 cm³/mol. The number of rotatable bonds is 6. The number of hydrogen-bond donors (Lipinski definition) is 2. The molecular weight excluding hydrogens is 320 g/mol. The van der Waals surface area contributed by atoms with Crippen LogP contribution in [0.15, 0.2) is 21.7 Å². The zero-order valence-electron chi connectivity index (χ0n) is 12.5. The van der Waals surface area contributed by atoms with Crippen LogP contribution in [-0.2, 0) is 14.8 Å². The molecule has 5 nitrogen and oxygen atoms in total. The first-order valence-electron chi connectivity index (χ1n) is 8.02. The molecule has 22 heavy (non-hydrogen) atoms. The van der Waals surface area contributed by atoms with Crippen LogP contribution in [0, 0.1) is 11.3 Å². The maximum absolute atomic E-state index is 12.1. The Hall–Kier alpha value is -0.470. The van der Waals surface area contributed by atoms with Gasteiger partial charge in [-0.1, -0.05) is 12.5 Å². The molecule has 2 N–H and O–H groups in total. The molecule has 2 heterocycles. The molecular formula is C15H22N2O3S2. The fourth-order valence-electron chi connectivity index (χ4n) is 4.46. The minimum Gasteiger partial charge on any atom is -0.377 e. The lowest BCUT2D eigenvalue weighted by molar-refractivity contribution is -0.175. The Kier molecular flexibility index (Phi) is 3.81. The highest BCUT2D eigenvalue weighted by Gasteiger charge is 2.66. The second-order valence-electron chi connectivity index (χ2n) is 6.59. The molecule has 3 aliphatic rings. The molecule has 1 aliphatic heterocycles. The Morgan fingerprint density at radius 3 is 2.91 bits per heavy atom. The van der Waals surface area contributed by atoms with Crippen molar-refractivity contribution in [2.24, 2.45) is 11.3 Å². The largest absolute Gasteiger partial charge is 0.377 e. The lowest BCUT2D eigenvalue weighted by Crippen LogP contribution is -2.71. The minimum absolute atomic E-state index is 0.355. The van der Waals surface area contributed by atoms with Crippen molar-refractivity contribution in [2.75, 3.05) is 19.7 Å². The normalized spacial score (nSPS) is 32.5. The lowest BCUT2D eigenvalue weighted by atomic mass is 9.46. The summed E-state index contributed by atoms with van der Waals surface area (Å²) >= 11 is 1.25. The topological polar surface area (TPSA) is 67.4 Å². The number of thiophene rings is 1. The van der Waals surface area contributed by atoms with E-state index in [1.807, 2.05) is 0 Å². The molecule has 7 heteroatoms. The van der Waals surface area contributed by atoms with E-state index in [2.05, 4.69) is 10.0 Å². The summed E-state index contributed by atoms with van der Waals surface area (Å²) < 4.78 is 33.1. The molecule has 0 amide bonds. The first kappa shape index (κ1) is 15.1. The second-order valence-corrected chi connectivity index (χ2v) is 9.53. The standard InChI is InChI=1S/C15H22N2O3S2/c18-22(19,12-3-1-10-21-12)17-8-7-16-13-11-4-9-20-14(11)15(13)5-2-6-15/h1,3,10-11,13-14,16-17H,2,4-9H2/t11-,13+,14-/m0/s1. The molecule has 3 atom stereocenters. The maximum Gasteiger partial charge on any atom is 0.250 e. The van der Waals surface area contributed by atoms with E-state index in [1.165, 1.54) is 30.6 Å². The van der Waals surface area contributed by atoms with Gasteiger partial charge in [-0.15, -0.1) is 11.3 Å². The molecule has 0 aromatic carbocycles. The van der Waals surface area contributed by atoms with Crippen molar-refractivity contribution in [1.29, 1.82) is 0 Å². The first-order chi connectivity index (χ1) is 10.6. The molecule has 0 bridgehead atoms. The van der Waals surface area contributed by atoms with Crippen molar-refractivity contribution in [2.45, 2.75) is 42.0 Å². The average Bonchev–Trinajstić information content (AvgIpc) is 3.07. The molecule has 2 aliphatic carbocycles. The van der Waals surface area contributed by atoms with Crippen LogP contribution in [0.25, 0.3) is 0 Å². The van der Waals surface area contributed by atoms with Crippen molar-refractivity contribution in [1.82, 2.24) is 10.0 Å². The van der Waals surface area contributed by atoms with E-state index >= 15 is 0 Å². The molecule has 1 aromatic heterocycles. The second kappa shape index (κ2) is 5.56. The molecule has 122 valence electrons. The van der Waals surface area contributed by atoms with Crippen LogP contribution >= 0.6 is 11.3 Å². The minimum atomic E-state index is -3.34. The zero-order valence-corrected chi connectivity index (χ0v) is 14.1. The Bertz CT molecular complexity index is 625. The van der Waals surface area contributed by atoms with Gasteiger partial charge in [0.1, 0.15) is 4.21 Å². The Morgan fingerprint density at radius 2 is 2.23 bits per heavy atom. The van der Waals surface area contributed by atoms with E-state index in [-0.39, 0.29) is 0 Å². The van der Waals surface area contributed by atoms with Crippen LogP contribution in [0.2, 0.25) is 0 Å². The summed E-state index contributed by atoms with van der Waals surface area (Å²) in [5.74, 6) is 0.634. The summed E-state index contributed by atoms with van der Waals surface area (Å²) in [6.45, 7) is 2.01. The van der Waals surface area contributed by atoms with Crippen molar-refractivity contribution in [3.05, 3.63) is 17.5 Å². The van der Waals surface area contributed by atoms with E-state index in [9.17, 15) is 8.42 Å². The number of ether oxygens (including phenoxy) is 1. The van der Waals surface area contributed by atoms with Crippen LogP contribution in [0.3, 0.4) is 0 Å². The third-order valence-electron chi connectivity index (χ3n) is 5.58. The van der Waals surface area contributed by atoms with Gasteiger partial charge in [0.25, 0.3) is 0 Å². The molecule has 1 saturated heterocycles. The molecule has 0 radical (unpaired) electrons. The summed E-state index contributed by atoms with van der Waals surface area (Å²) in [6, 6.07) is 3.91. The third-order valence-corrected chi connectivity index (χ3v) is 8.44. The Labute approximate surface area is 135 Å². The highest BCUT2D eigenvalue weighted by atomic mass is 32.2. The molecule has 3 fully saturated rings. The van der Waals surface area contributed by atoms with Gasteiger partial charge in [0, 0.05) is 37.1 Å². The van der Waals surface area contributed by atoms with Gasteiger partial charge in [0.05, 0.1) is 6.10 Å². The van der Waals surface area contributed by atoms with Gasteiger partial charge in [0.15, 0.2) is 0 Å². The van der Waals surface area contributed by atoms with E-state index in [0.29, 0.717) is 40.8 Å². The van der Waals surface area contributed by atoms with Crippen LogP contribution < -0.4 is 10.0 Å². The third kappa shape index (κ3) is 2.26. The van der Waals surface area contributed by atoms with E-state index < -0.39 is 10.0 Å². The SMILES string of the molecule is O=S(=O)(NCCN[C@@H]1[C@@H]2CCO[C@@H]2C12CCC2)c1cccs1. The smallest absolute Gasteiger partial charge is 0.250 e. The number of hydrogen-bond acceptors (Lipinski definition) is 5. The molecule has 4 rings (SSSR count). The van der Waals surface area contributed by atoms with Gasteiger partial charge in [0.2, 0.25) is 10.0 Å². The summed E-state index contributed by atoms with van der Waals surface area (Å²) in [5, 5.41) is 5.38. The highest BCUT2D eigenvalue weighted by molar-refractivity contribution is 7.91. The lowest BCUT2D eigenvalue weighted by Gasteiger charge is -2.63. The number of sulfonamides is 1. The van der Waals surface area contributed by atoms with Crippen LogP contribution in [0.1, 0.15) is 25.7 Å². The quantitative estimate of drug-likeness (QED) is 0.770. The van der Waals surface area contributed by atoms with Gasteiger partial charge in [-0.25, -0.2) is 13.1 Å². The van der Waals surface area contributed by atoms with Crippen LogP contribution in [0.4, 0.5) is 0 Å². The summed E-state index contributed by atoms with van der Waals surface area (Å²) in [6.07, 6.45) is 5.42. The number of nitrogens with one attached hydrogen (secondary N) is 2. The van der Waals surface area contributed by atoms with Crippen molar-refractivity contribution in [3.63, 3.8) is 0 Å². The van der Waals surface area contributed by atoms with Crippen LogP contribution in [-0.4, -0.2) is 40.3 Å². The summed E-state index contributed by atoms with van der Waals surface area (Å²) in [4.78, 5) is 0. The summed E-state index contributed by atoms with van der Waals surface area (Å²) in [5.41, 5.74) is 0.355. The van der Waals surface area contributed by atoms with Gasteiger partial charge in [-0.2, -0.15) is 0 Å². The molecule has 1 aromatic rings. The van der Waals surface area contributed by atoms with E-state index in [4.69, 9.17) is 4.74 Å². The summed E-state index contributed by atoms with van der Waals surface area (Å²) in [7, 11) is -3.34. The van der Waals surface area contributed by atoms with Crippen molar-refractivity contribution >= 4 is 21.4 Å². The molecule has 0 unspecified atom stereocenters. The highest BCUT2D eigenvalue weighted by Crippen LogP contribution is 2.62. The number of fused-ring (bicyclic) bond motifs is 2. The molecule has 2 saturated carbocycles. The average molecular weight is 342 g/mol. The maximum atomic E-state index is 12.1. The van der Waals surface area contributed by atoms with Crippen molar-refractivity contribution in [3.8, 4) is 0 Å².